The van der Waals surface area contributed by atoms with Crippen molar-refractivity contribution >= 4 is 44.0 Å². The van der Waals surface area contributed by atoms with E-state index in [1.807, 2.05) is 6.92 Å². The molecule has 0 aliphatic carbocycles. The summed E-state index contributed by atoms with van der Waals surface area (Å²) in [7, 11) is 0. The van der Waals surface area contributed by atoms with E-state index in [1.54, 1.807) is 23.0 Å². The summed E-state index contributed by atoms with van der Waals surface area (Å²) in [5.74, 6) is -0.361. The number of rotatable bonds is 2. The number of fused-ring (bicyclic) bond motifs is 1. The van der Waals surface area contributed by atoms with E-state index < -0.39 is 0 Å². The molecule has 0 spiro atoms. The summed E-state index contributed by atoms with van der Waals surface area (Å²) in [4.78, 5) is 20.4. The maximum absolute atomic E-state index is 12.1. The number of halogens is 1. The molecule has 3 rings (SSSR count). The molecule has 7 nitrogen and oxygen atoms in total. The fourth-order valence-electron chi connectivity index (χ4n) is 1.55. The Morgan fingerprint density at radius 2 is 2.26 bits per heavy atom. The van der Waals surface area contributed by atoms with Crippen LogP contribution in [0.25, 0.3) is 5.65 Å². The number of hydrogen-bond donors (Lipinski definition) is 1. The Kier molecular flexibility index (Phi) is 2.99. The van der Waals surface area contributed by atoms with Crippen LogP contribution >= 0.6 is 27.3 Å². The second kappa shape index (κ2) is 4.67. The molecule has 0 radical (unpaired) electrons. The highest BCUT2D eigenvalue weighted by atomic mass is 79.9. The number of aryl methyl sites for hydroxylation is 1. The van der Waals surface area contributed by atoms with E-state index in [1.165, 1.54) is 11.3 Å². The van der Waals surface area contributed by atoms with E-state index in [-0.39, 0.29) is 11.6 Å². The lowest BCUT2D eigenvalue weighted by molar-refractivity contribution is 0.102. The van der Waals surface area contributed by atoms with Crippen molar-refractivity contribution in [1.82, 2.24) is 24.6 Å². The highest BCUT2D eigenvalue weighted by Gasteiger charge is 2.16. The SMILES string of the molecule is Cc1nnc(NC(=O)c2nccn3c(Br)cnc23)s1. The maximum atomic E-state index is 12.1. The molecule has 0 aliphatic rings. The Morgan fingerprint density at radius 1 is 1.42 bits per heavy atom. The maximum Gasteiger partial charge on any atom is 0.279 e. The van der Waals surface area contributed by atoms with Gasteiger partial charge in [-0.05, 0) is 22.9 Å². The summed E-state index contributed by atoms with van der Waals surface area (Å²) in [5.41, 5.74) is 0.717. The molecule has 3 aromatic heterocycles. The molecule has 0 bridgehead atoms. The minimum Gasteiger partial charge on any atom is -0.295 e. The summed E-state index contributed by atoms with van der Waals surface area (Å²) >= 11 is 4.64. The number of aromatic nitrogens is 5. The molecule has 9 heteroatoms. The van der Waals surface area contributed by atoms with Crippen LogP contribution in [0.3, 0.4) is 0 Å². The van der Waals surface area contributed by atoms with Crippen LogP contribution in [-0.2, 0) is 0 Å². The summed E-state index contributed by atoms with van der Waals surface area (Å²) in [6.45, 7) is 1.82. The van der Waals surface area contributed by atoms with Gasteiger partial charge in [0, 0.05) is 12.4 Å². The van der Waals surface area contributed by atoms with Crippen molar-refractivity contribution in [2.75, 3.05) is 5.32 Å². The first-order valence-electron chi connectivity index (χ1n) is 5.24. The molecule has 96 valence electrons. The van der Waals surface area contributed by atoms with Crippen molar-refractivity contribution in [3.63, 3.8) is 0 Å². The van der Waals surface area contributed by atoms with Gasteiger partial charge in [0.2, 0.25) is 5.13 Å². The Labute approximate surface area is 119 Å². The van der Waals surface area contributed by atoms with Gasteiger partial charge in [0.15, 0.2) is 11.3 Å². The van der Waals surface area contributed by atoms with Crippen LogP contribution < -0.4 is 5.32 Å². The molecule has 0 aromatic carbocycles. The summed E-state index contributed by atoms with van der Waals surface area (Å²) in [6, 6.07) is 0. The largest absolute Gasteiger partial charge is 0.295 e. The fraction of sp³-hybridized carbons (Fsp3) is 0.100. The van der Waals surface area contributed by atoms with Crippen LogP contribution in [0.1, 0.15) is 15.5 Å². The third kappa shape index (κ3) is 2.22. The van der Waals surface area contributed by atoms with Gasteiger partial charge in [-0.1, -0.05) is 11.3 Å². The lowest BCUT2D eigenvalue weighted by atomic mass is 10.4. The van der Waals surface area contributed by atoms with Gasteiger partial charge in [0.25, 0.3) is 5.91 Å². The number of amides is 1. The quantitative estimate of drug-likeness (QED) is 0.771. The van der Waals surface area contributed by atoms with Crippen molar-refractivity contribution in [2.45, 2.75) is 6.92 Å². The van der Waals surface area contributed by atoms with Crippen LogP contribution in [0, 0.1) is 6.92 Å². The standard InChI is InChI=1S/C10H7BrN6OS/c1-5-15-16-10(19-5)14-9(18)7-8-13-4-6(11)17(8)3-2-12-7/h2-4H,1H3,(H,14,16,18). The number of anilines is 1. The molecule has 3 heterocycles. The average Bonchev–Trinajstić information content (AvgIpc) is 2.96. The molecule has 0 fully saturated rings. The highest BCUT2D eigenvalue weighted by molar-refractivity contribution is 9.10. The Morgan fingerprint density at radius 3 is 3.00 bits per heavy atom. The van der Waals surface area contributed by atoms with Gasteiger partial charge in [0.1, 0.15) is 9.61 Å². The van der Waals surface area contributed by atoms with Gasteiger partial charge >= 0.3 is 0 Å². The normalized spacial score (nSPS) is 10.8. The molecule has 0 saturated carbocycles. The summed E-state index contributed by atoms with van der Waals surface area (Å²) < 4.78 is 2.48. The van der Waals surface area contributed by atoms with Crippen molar-refractivity contribution in [2.24, 2.45) is 0 Å². The smallest absolute Gasteiger partial charge is 0.279 e. The summed E-state index contributed by atoms with van der Waals surface area (Å²) in [5, 5.41) is 11.6. The van der Waals surface area contributed by atoms with Gasteiger partial charge < -0.3 is 0 Å². The van der Waals surface area contributed by atoms with Crippen molar-refractivity contribution in [3.05, 3.63) is 33.9 Å². The highest BCUT2D eigenvalue weighted by Crippen LogP contribution is 2.17. The predicted molar refractivity (Wildman–Crippen MR) is 73.3 cm³/mol. The van der Waals surface area contributed by atoms with E-state index in [2.05, 4.69) is 41.4 Å². The number of hydrogen-bond acceptors (Lipinski definition) is 6. The Hall–Kier alpha value is -1.87. The van der Waals surface area contributed by atoms with Crippen molar-refractivity contribution in [3.8, 4) is 0 Å². The third-order valence-corrected chi connectivity index (χ3v) is 3.69. The Balaban J connectivity index is 1.97. The zero-order valence-electron chi connectivity index (χ0n) is 9.66. The van der Waals surface area contributed by atoms with Crippen molar-refractivity contribution < 1.29 is 4.79 Å². The van der Waals surface area contributed by atoms with Crippen LogP contribution in [-0.4, -0.2) is 30.5 Å². The second-order valence-corrected chi connectivity index (χ2v) is 5.62. The average molecular weight is 339 g/mol. The molecule has 19 heavy (non-hydrogen) atoms. The zero-order valence-corrected chi connectivity index (χ0v) is 12.1. The molecule has 0 unspecified atom stereocenters. The van der Waals surface area contributed by atoms with Gasteiger partial charge in [-0.25, -0.2) is 9.97 Å². The molecule has 1 amide bonds. The zero-order chi connectivity index (χ0) is 13.4. The van der Waals surface area contributed by atoms with Gasteiger partial charge in [-0.15, -0.1) is 10.2 Å². The van der Waals surface area contributed by atoms with Crippen LogP contribution in [0.4, 0.5) is 5.13 Å². The van der Waals surface area contributed by atoms with Crippen molar-refractivity contribution in [1.29, 1.82) is 0 Å². The number of imidazole rings is 1. The van der Waals surface area contributed by atoms with E-state index in [9.17, 15) is 4.79 Å². The van der Waals surface area contributed by atoms with E-state index in [0.29, 0.717) is 10.8 Å². The molecular formula is C10H7BrN6OS. The number of carbonyl (C=O) groups is 1. The number of carbonyl (C=O) groups excluding carboxylic acids is 1. The van der Waals surface area contributed by atoms with Crippen LogP contribution in [0.15, 0.2) is 23.2 Å². The minimum absolute atomic E-state index is 0.237. The number of nitrogens with one attached hydrogen (secondary N) is 1. The first-order chi connectivity index (χ1) is 9.15. The number of nitrogens with zero attached hydrogens (tertiary/aromatic N) is 5. The van der Waals surface area contributed by atoms with Gasteiger partial charge in [-0.3, -0.25) is 14.5 Å². The van der Waals surface area contributed by atoms with E-state index in [0.717, 1.165) is 9.61 Å². The molecule has 1 N–H and O–H groups in total. The lowest BCUT2D eigenvalue weighted by Gasteiger charge is -2.02. The lowest BCUT2D eigenvalue weighted by Crippen LogP contribution is -2.15. The Bertz CT molecular complexity index is 766. The monoisotopic (exact) mass is 338 g/mol. The van der Waals surface area contributed by atoms with Crippen LogP contribution in [0.2, 0.25) is 0 Å². The molecule has 0 aliphatic heterocycles. The predicted octanol–water partition coefficient (Wildman–Crippen LogP) is 1.90. The van der Waals surface area contributed by atoms with Gasteiger partial charge in [-0.2, -0.15) is 0 Å². The first-order valence-corrected chi connectivity index (χ1v) is 6.85. The molecule has 0 atom stereocenters. The molecule has 0 saturated heterocycles. The topological polar surface area (TPSA) is 85.1 Å². The first kappa shape index (κ1) is 12.2. The summed E-state index contributed by atoms with van der Waals surface area (Å²) in [6.07, 6.45) is 4.88. The van der Waals surface area contributed by atoms with E-state index >= 15 is 0 Å². The van der Waals surface area contributed by atoms with E-state index in [4.69, 9.17) is 0 Å². The molecule has 3 aromatic rings. The second-order valence-electron chi connectivity index (χ2n) is 3.63. The molecular weight excluding hydrogens is 332 g/mol. The van der Waals surface area contributed by atoms with Gasteiger partial charge in [0.05, 0.1) is 6.20 Å². The third-order valence-electron chi connectivity index (χ3n) is 2.34. The minimum atomic E-state index is -0.361. The van der Waals surface area contributed by atoms with Crippen LogP contribution in [0.5, 0.6) is 0 Å². The fourth-order valence-corrected chi connectivity index (χ4v) is 2.53.